The van der Waals surface area contributed by atoms with Crippen molar-refractivity contribution >= 4 is 12.6 Å². The smallest absolute Gasteiger partial charge is 0.123 e. The Balaban J connectivity index is 0. The Labute approximate surface area is 185 Å². The molecule has 3 heteroatoms. The first-order valence-electron chi connectivity index (χ1n) is 10.9. The van der Waals surface area contributed by atoms with Gasteiger partial charge in [0.2, 0.25) is 0 Å². The van der Waals surface area contributed by atoms with Crippen molar-refractivity contribution in [3.63, 3.8) is 0 Å². The van der Waals surface area contributed by atoms with E-state index < -0.39 is 0 Å². The highest BCUT2D eigenvalue weighted by Gasteiger charge is 2.24. The van der Waals surface area contributed by atoms with Gasteiger partial charge in [-0.05, 0) is 56.0 Å². The molecule has 3 rings (SSSR count). The topological polar surface area (TPSA) is 12.0 Å². The molecule has 2 atom stereocenters. The first kappa shape index (κ1) is 29.9. The predicted molar refractivity (Wildman–Crippen MR) is 133 cm³/mol. The van der Waals surface area contributed by atoms with Gasteiger partial charge in [0.1, 0.15) is 5.82 Å². The van der Waals surface area contributed by atoms with Crippen LogP contribution in [0.15, 0.2) is 53.4 Å². The Kier molecular flexibility index (Phi) is 19.3. The first-order chi connectivity index (χ1) is 13.6. The van der Waals surface area contributed by atoms with E-state index in [1.807, 2.05) is 58.0 Å². The quantitative estimate of drug-likeness (QED) is 0.470. The molecular weight excluding hydrogens is 377 g/mol. The molecule has 0 amide bonds. The maximum Gasteiger partial charge on any atom is 0.123 e. The molecule has 2 aromatic carbocycles. The van der Waals surface area contributed by atoms with E-state index in [2.05, 4.69) is 31.8 Å². The van der Waals surface area contributed by atoms with Gasteiger partial charge in [-0.15, -0.1) is 12.6 Å². The molecule has 1 N–H and O–H groups in total. The van der Waals surface area contributed by atoms with Gasteiger partial charge in [0.05, 0.1) is 0 Å². The summed E-state index contributed by atoms with van der Waals surface area (Å²) < 4.78 is 13.1. The lowest BCUT2D eigenvalue weighted by atomic mass is 10.0. The second-order valence-corrected chi connectivity index (χ2v) is 7.04. The molecule has 0 aliphatic carbocycles. The second kappa shape index (κ2) is 18.7. The van der Waals surface area contributed by atoms with E-state index >= 15 is 0 Å². The van der Waals surface area contributed by atoms with Crippen molar-refractivity contribution < 1.29 is 4.39 Å². The van der Waals surface area contributed by atoms with Crippen LogP contribution in [0.25, 0.3) is 0 Å². The van der Waals surface area contributed by atoms with Gasteiger partial charge in [-0.25, -0.2) is 4.39 Å². The number of hydrogen-bond donors (Lipinski definition) is 2. The minimum atomic E-state index is -0.128. The summed E-state index contributed by atoms with van der Waals surface area (Å²) in [5.74, 6) is -0.128. The minimum absolute atomic E-state index is 0. The van der Waals surface area contributed by atoms with Gasteiger partial charge in [-0.3, -0.25) is 0 Å². The van der Waals surface area contributed by atoms with Gasteiger partial charge in [0.25, 0.3) is 0 Å². The van der Waals surface area contributed by atoms with Crippen LogP contribution in [-0.2, 0) is 0 Å². The van der Waals surface area contributed by atoms with Gasteiger partial charge in [0.15, 0.2) is 0 Å². The third-order valence-corrected chi connectivity index (χ3v) is 4.73. The largest absolute Gasteiger partial charge is 0.307 e. The molecule has 166 valence electrons. The Morgan fingerprint density at radius 1 is 1.00 bits per heavy atom. The normalized spacial score (nSPS) is 16.7. The number of benzene rings is 2. The molecule has 2 unspecified atom stereocenters. The predicted octanol–water partition coefficient (Wildman–Crippen LogP) is 8.78. The molecule has 1 aliphatic heterocycles. The number of thiol groups is 1. The van der Waals surface area contributed by atoms with E-state index in [0.29, 0.717) is 12.1 Å². The molecule has 1 heterocycles. The van der Waals surface area contributed by atoms with Crippen LogP contribution in [0, 0.1) is 12.7 Å². The van der Waals surface area contributed by atoms with Gasteiger partial charge < -0.3 is 5.32 Å². The highest BCUT2D eigenvalue weighted by molar-refractivity contribution is 7.80. The van der Waals surface area contributed by atoms with Crippen molar-refractivity contribution in [3.05, 3.63) is 65.5 Å². The van der Waals surface area contributed by atoms with Crippen LogP contribution in [0.2, 0.25) is 0 Å². The summed E-state index contributed by atoms with van der Waals surface area (Å²) in [4.78, 5) is 1.02. The van der Waals surface area contributed by atoms with Gasteiger partial charge in [-0.1, -0.05) is 84.7 Å². The Hall–Kier alpha value is -1.32. The van der Waals surface area contributed by atoms with Crippen LogP contribution in [0.1, 0.15) is 91.3 Å². The summed E-state index contributed by atoms with van der Waals surface area (Å²) >= 11 is 4.13. The molecule has 0 aromatic heterocycles. The Morgan fingerprint density at radius 3 is 2.14 bits per heavy atom. The zero-order valence-corrected chi connectivity index (χ0v) is 19.5. The lowest BCUT2D eigenvalue weighted by Crippen LogP contribution is -2.24. The van der Waals surface area contributed by atoms with Gasteiger partial charge in [0, 0.05) is 17.0 Å². The van der Waals surface area contributed by atoms with Crippen molar-refractivity contribution in [1.82, 2.24) is 5.32 Å². The zero-order valence-electron chi connectivity index (χ0n) is 18.6. The average molecular weight is 422 g/mol. The average Bonchev–Trinajstić information content (AvgIpc) is 3.21. The fourth-order valence-corrected chi connectivity index (χ4v) is 3.18. The summed E-state index contributed by atoms with van der Waals surface area (Å²) in [6, 6.07) is 16.0. The number of hydrogen-bond acceptors (Lipinski definition) is 2. The number of rotatable bonds is 4. The summed E-state index contributed by atoms with van der Waals surface area (Å²) in [6.07, 6.45) is 6.15. The highest BCUT2D eigenvalue weighted by atomic mass is 32.1. The molecule has 29 heavy (non-hydrogen) atoms. The summed E-state index contributed by atoms with van der Waals surface area (Å²) in [7, 11) is 0. The molecule has 0 radical (unpaired) electrons. The molecule has 2 aromatic rings. The number of nitrogens with one attached hydrogen (secondary N) is 1. The lowest BCUT2D eigenvalue weighted by Gasteiger charge is -2.14. The van der Waals surface area contributed by atoms with E-state index in [0.717, 1.165) is 16.9 Å². The maximum atomic E-state index is 13.1. The van der Waals surface area contributed by atoms with E-state index in [-0.39, 0.29) is 13.2 Å². The molecule has 1 nitrogen and oxygen atoms in total. The molecule has 0 spiro atoms. The monoisotopic (exact) mass is 421 g/mol. The van der Waals surface area contributed by atoms with Crippen molar-refractivity contribution in [2.45, 2.75) is 98.1 Å². The van der Waals surface area contributed by atoms with Crippen molar-refractivity contribution in [2.24, 2.45) is 0 Å². The Bertz CT molecular complexity index is 591. The highest BCUT2D eigenvalue weighted by Crippen LogP contribution is 2.28. The molecule has 1 fully saturated rings. The van der Waals surface area contributed by atoms with Gasteiger partial charge >= 0.3 is 0 Å². The van der Waals surface area contributed by atoms with Crippen LogP contribution in [-0.4, -0.2) is 6.04 Å². The zero-order chi connectivity index (χ0) is 21.4. The van der Waals surface area contributed by atoms with Gasteiger partial charge in [-0.2, -0.15) is 0 Å². The van der Waals surface area contributed by atoms with Crippen molar-refractivity contribution in [1.29, 1.82) is 0 Å². The standard InChI is InChI=1S/C14H20FN.C7H8S.2C2H6.CH4/c1-2-3-7-13-8-9-14(16-13)11-5-4-6-12(15)10-11;1-6-2-4-7(8)5-3-6;2*1-2;/h4-6,10,13-14,16H,2-3,7-9H2,1H3;2-5,8H,1H3;2*1-2H3;1H4. The van der Waals surface area contributed by atoms with Crippen LogP contribution in [0.3, 0.4) is 0 Å². The van der Waals surface area contributed by atoms with Crippen LogP contribution >= 0.6 is 12.6 Å². The summed E-state index contributed by atoms with van der Waals surface area (Å²) in [6.45, 7) is 12.3. The van der Waals surface area contributed by atoms with Crippen molar-refractivity contribution in [3.8, 4) is 0 Å². The van der Waals surface area contributed by atoms with Crippen LogP contribution in [0.5, 0.6) is 0 Å². The molecule has 0 saturated carbocycles. The minimum Gasteiger partial charge on any atom is -0.307 e. The van der Waals surface area contributed by atoms with E-state index in [9.17, 15) is 4.39 Å². The van der Waals surface area contributed by atoms with Crippen LogP contribution < -0.4 is 5.32 Å². The molecule has 0 bridgehead atoms. The maximum absolute atomic E-state index is 13.1. The number of unbranched alkanes of at least 4 members (excludes halogenated alkanes) is 1. The molecule has 1 saturated heterocycles. The lowest BCUT2D eigenvalue weighted by molar-refractivity contribution is 0.500. The van der Waals surface area contributed by atoms with E-state index in [1.54, 1.807) is 12.1 Å². The third-order valence-electron chi connectivity index (χ3n) is 4.43. The van der Waals surface area contributed by atoms with E-state index in [1.165, 1.54) is 37.3 Å². The fourth-order valence-electron chi connectivity index (χ4n) is 3.03. The number of aryl methyl sites for hydroxylation is 1. The second-order valence-electron chi connectivity index (χ2n) is 6.53. The third kappa shape index (κ3) is 12.8. The number of halogens is 1. The molecular formula is C26H44FNS. The van der Waals surface area contributed by atoms with Crippen molar-refractivity contribution in [2.75, 3.05) is 0 Å². The molecule has 1 aliphatic rings. The Morgan fingerprint density at radius 2 is 1.62 bits per heavy atom. The SMILES string of the molecule is C.CC.CC.CCCCC1CCC(c2cccc(F)c2)N1.Cc1ccc(S)cc1. The summed E-state index contributed by atoms with van der Waals surface area (Å²) in [5.41, 5.74) is 2.38. The first-order valence-corrected chi connectivity index (χ1v) is 11.3. The van der Waals surface area contributed by atoms with Crippen LogP contribution in [0.4, 0.5) is 4.39 Å². The summed E-state index contributed by atoms with van der Waals surface area (Å²) in [5, 5.41) is 3.60. The van der Waals surface area contributed by atoms with E-state index in [4.69, 9.17) is 0 Å². The fraction of sp³-hybridized carbons (Fsp3) is 0.538.